The number of aromatic nitrogens is 2. The van der Waals surface area contributed by atoms with Crippen molar-refractivity contribution in [2.45, 2.75) is 57.4 Å². The molecule has 0 bridgehead atoms. The van der Waals surface area contributed by atoms with Crippen molar-refractivity contribution in [1.29, 1.82) is 0 Å². The van der Waals surface area contributed by atoms with E-state index in [1.54, 1.807) is 0 Å². The number of nitrogens with two attached hydrogens (primary N) is 1. The third-order valence-electron chi connectivity index (χ3n) is 4.44. The zero-order valence-corrected chi connectivity index (χ0v) is 12.9. The standard InChI is InChI=1S/C16H30N4/c1-19-14-15(13-18-19)9-12-20(11-6-10-17)16-7-4-2-3-5-8-16/h13-14,16H,2-12,17H2,1H3. The van der Waals surface area contributed by atoms with E-state index >= 15 is 0 Å². The van der Waals surface area contributed by atoms with E-state index < -0.39 is 0 Å². The Labute approximate surface area is 123 Å². The highest BCUT2D eigenvalue weighted by Crippen LogP contribution is 2.22. The van der Waals surface area contributed by atoms with Crippen molar-refractivity contribution in [1.82, 2.24) is 14.7 Å². The predicted molar refractivity (Wildman–Crippen MR) is 83.6 cm³/mol. The molecular weight excluding hydrogens is 248 g/mol. The van der Waals surface area contributed by atoms with Gasteiger partial charge < -0.3 is 10.6 Å². The Hall–Kier alpha value is -0.870. The maximum Gasteiger partial charge on any atom is 0.0522 e. The van der Waals surface area contributed by atoms with E-state index in [4.69, 9.17) is 5.73 Å². The van der Waals surface area contributed by atoms with Crippen LogP contribution >= 0.6 is 0 Å². The van der Waals surface area contributed by atoms with Gasteiger partial charge in [-0.2, -0.15) is 5.10 Å². The molecule has 0 spiro atoms. The zero-order valence-electron chi connectivity index (χ0n) is 12.9. The van der Waals surface area contributed by atoms with Gasteiger partial charge in [-0.3, -0.25) is 4.68 Å². The molecule has 1 aromatic rings. The SMILES string of the molecule is Cn1cc(CCN(CCCN)C2CCCCCC2)cn1. The zero-order chi connectivity index (χ0) is 14.2. The fraction of sp³-hybridized carbons (Fsp3) is 0.812. The largest absolute Gasteiger partial charge is 0.330 e. The van der Waals surface area contributed by atoms with Crippen LogP contribution in [0.5, 0.6) is 0 Å². The maximum absolute atomic E-state index is 5.71. The molecule has 0 saturated heterocycles. The Bertz CT molecular complexity index is 366. The van der Waals surface area contributed by atoms with E-state index in [1.165, 1.54) is 44.1 Å². The summed E-state index contributed by atoms with van der Waals surface area (Å²) in [5.41, 5.74) is 7.05. The summed E-state index contributed by atoms with van der Waals surface area (Å²) >= 11 is 0. The van der Waals surface area contributed by atoms with Gasteiger partial charge in [0.15, 0.2) is 0 Å². The fourth-order valence-corrected chi connectivity index (χ4v) is 3.27. The monoisotopic (exact) mass is 278 g/mol. The molecule has 1 aliphatic carbocycles. The van der Waals surface area contributed by atoms with E-state index in [9.17, 15) is 0 Å². The summed E-state index contributed by atoms with van der Waals surface area (Å²) in [5.74, 6) is 0. The van der Waals surface area contributed by atoms with Crippen molar-refractivity contribution in [2.24, 2.45) is 12.8 Å². The summed E-state index contributed by atoms with van der Waals surface area (Å²) in [6.07, 6.45) is 14.7. The van der Waals surface area contributed by atoms with Gasteiger partial charge in [-0.1, -0.05) is 25.7 Å². The highest BCUT2D eigenvalue weighted by Gasteiger charge is 2.19. The minimum Gasteiger partial charge on any atom is -0.330 e. The molecule has 20 heavy (non-hydrogen) atoms. The lowest BCUT2D eigenvalue weighted by atomic mass is 10.1. The molecule has 1 heterocycles. The minimum absolute atomic E-state index is 0.778. The Morgan fingerprint density at radius 3 is 2.60 bits per heavy atom. The molecule has 0 atom stereocenters. The van der Waals surface area contributed by atoms with Crippen LogP contribution in [0.2, 0.25) is 0 Å². The molecule has 0 radical (unpaired) electrons. The van der Waals surface area contributed by atoms with Gasteiger partial charge >= 0.3 is 0 Å². The molecule has 0 amide bonds. The summed E-state index contributed by atoms with van der Waals surface area (Å²) in [5, 5.41) is 4.26. The molecule has 1 fully saturated rings. The number of aryl methyl sites for hydroxylation is 1. The second-order valence-corrected chi connectivity index (χ2v) is 6.10. The van der Waals surface area contributed by atoms with Gasteiger partial charge in [-0.25, -0.2) is 0 Å². The third kappa shape index (κ3) is 4.91. The van der Waals surface area contributed by atoms with Crippen LogP contribution < -0.4 is 5.73 Å². The molecule has 0 aliphatic heterocycles. The number of hydrogen-bond acceptors (Lipinski definition) is 3. The average molecular weight is 278 g/mol. The summed E-state index contributed by atoms with van der Waals surface area (Å²) in [7, 11) is 1.99. The van der Waals surface area contributed by atoms with Crippen molar-refractivity contribution in [3.63, 3.8) is 0 Å². The Balaban J connectivity index is 1.87. The molecule has 1 aromatic heterocycles. The Morgan fingerprint density at radius 2 is 2.00 bits per heavy atom. The van der Waals surface area contributed by atoms with E-state index in [-0.39, 0.29) is 0 Å². The molecule has 2 N–H and O–H groups in total. The van der Waals surface area contributed by atoms with Crippen molar-refractivity contribution >= 4 is 0 Å². The molecule has 2 rings (SSSR count). The summed E-state index contributed by atoms with van der Waals surface area (Å²) in [6.45, 7) is 3.11. The van der Waals surface area contributed by atoms with E-state index in [0.29, 0.717) is 0 Å². The average Bonchev–Trinajstić information content (AvgIpc) is 2.70. The normalized spacial score (nSPS) is 17.6. The van der Waals surface area contributed by atoms with E-state index in [0.717, 1.165) is 38.5 Å². The van der Waals surface area contributed by atoms with Crippen LogP contribution in [0.3, 0.4) is 0 Å². The van der Waals surface area contributed by atoms with Gasteiger partial charge in [-0.05, 0) is 44.3 Å². The first kappa shape index (κ1) is 15.5. The van der Waals surface area contributed by atoms with Crippen LogP contribution in [0.1, 0.15) is 50.5 Å². The molecule has 0 unspecified atom stereocenters. The van der Waals surface area contributed by atoms with Gasteiger partial charge in [-0.15, -0.1) is 0 Å². The molecule has 4 nitrogen and oxygen atoms in total. The van der Waals surface area contributed by atoms with Crippen LogP contribution in [0, 0.1) is 0 Å². The van der Waals surface area contributed by atoms with Gasteiger partial charge in [0.25, 0.3) is 0 Å². The highest BCUT2D eigenvalue weighted by molar-refractivity contribution is 5.04. The highest BCUT2D eigenvalue weighted by atomic mass is 15.2. The van der Waals surface area contributed by atoms with Crippen LogP contribution in [-0.2, 0) is 13.5 Å². The second kappa shape index (κ2) is 8.42. The third-order valence-corrected chi connectivity index (χ3v) is 4.44. The minimum atomic E-state index is 0.778. The van der Waals surface area contributed by atoms with E-state index in [2.05, 4.69) is 16.2 Å². The molecule has 4 heteroatoms. The first-order chi connectivity index (χ1) is 9.79. The van der Waals surface area contributed by atoms with Gasteiger partial charge in [0, 0.05) is 25.8 Å². The van der Waals surface area contributed by atoms with Gasteiger partial charge in [0.1, 0.15) is 0 Å². The predicted octanol–water partition coefficient (Wildman–Crippen LogP) is 2.34. The van der Waals surface area contributed by atoms with Crippen molar-refractivity contribution in [3.8, 4) is 0 Å². The Morgan fingerprint density at radius 1 is 1.25 bits per heavy atom. The first-order valence-electron chi connectivity index (χ1n) is 8.21. The van der Waals surface area contributed by atoms with Crippen molar-refractivity contribution in [3.05, 3.63) is 18.0 Å². The quantitative estimate of drug-likeness (QED) is 0.779. The fourth-order valence-electron chi connectivity index (χ4n) is 3.27. The van der Waals surface area contributed by atoms with Crippen LogP contribution in [0.15, 0.2) is 12.4 Å². The molecular formula is C16H30N4. The molecule has 1 aliphatic rings. The number of nitrogens with zero attached hydrogens (tertiary/aromatic N) is 3. The number of rotatable bonds is 7. The molecule has 114 valence electrons. The van der Waals surface area contributed by atoms with Gasteiger partial charge in [0.05, 0.1) is 6.20 Å². The summed E-state index contributed by atoms with van der Waals surface area (Å²) in [4.78, 5) is 2.69. The topological polar surface area (TPSA) is 47.1 Å². The molecule has 1 saturated carbocycles. The van der Waals surface area contributed by atoms with Crippen LogP contribution in [0.4, 0.5) is 0 Å². The van der Waals surface area contributed by atoms with Crippen molar-refractivity contribution < 1.29 is 0 Å². The second-order valence-electron chi connectivity index (χ2n) is 6.10. The van der Waals surface area contributed by atoms with E-state index in [1.807, 2.05) is 17.9 Å². The van der Waals surface area contributed by atoms with Crippen LogP contribution in [-0.4, -0.2) is 40.4 Å². The van der Waals surface area contributed by atoms with Crippen LogP contribution in [0.25, 0.3) is 0 Å². The summed E-state index contributed by atoms with van der Waals surface area (Å²) < 4.78 is 1.89. The Kier molecular flexibility index (Phi) is 6.54. The lowest BCUT2D eigenvalue weighted by Crippen LogP contribution is -2.38. The summed E-state index contributed by atoms with van der Waals surface area (Å²) in [6, 6.07) is 0.778. The molecule has 0 aromatic carbocycles. The number of hydrogen-bond donors (Lipinski definition) is 1. The first-order valence-corrected chi connectivity index (χ1v) is 8.21. The lowest BCUT2D eigenvalue weighted by Gasteiger charge is -2.31. The maximum atomic E-state index is 5.71. The van der Waals surface area contributed by atoms with Gasteiger partial charge in [0.2, 0.25) is 0 Å². The smallest absolute Gasteiger partial charge is 0.0522 e. The van der Waals surface area contributed by atoms with Crippen molar-refractivity contribution in [2.75, 3.05) is 19.6 Å². The lowest BCUT2D eigenvalue weighted by molar-refractivity contribution is 0.179.